The van der Waals surface area contributed by atoms with Gasteiger partial charge in [0, 0.05) is 10.9 Å². The van der Waals surface area contributed by atoms with E-state index in [-0.39, 0.29) is 13.2 Å². The highest BCUT2D eigenvalue weighted by Crippen LogP contribution is 2.36. The number of aldehydes is 1. The number of benzene rings is 2. The molecule has 0 saturated carbocycles. The lowest BCUT2D eigenvalue weighted by molar-refractivity contribution is -0.118. The van der Waals surface area contributed by atoms with E-state index < -0.39 is 11.9 Å². The van der Waals surface area contributed by atoms with Crippen LogP contribution in [0.25, 0.3) is 11.1 Å². The highest BCUT2D eigenvalue weighted by atomic mass is 32.1. The van der Waals surface area contributed by atoms with Crippen LogP contribution in [0.1, 0.15) is 27.6 Å². The minimum Gasteiger partial charge on any atom is -0.483 e. The molecule has 3 aromatic rings. The summed E-state index contributed by atoms with van der Waals surface area (Å²) < 4.78 is 10.6. The van der Waals surface area contributed by atoms with Crippen molar-refractivity contribution < 1.29 is 23.9 Å². The minimum atomic E-state index is -0.505. The lowest BCUT2D eigenvalue weighted by Crippen LogP contribution is -2.21. The summed E-state index contributed by atoms with van der Waals surface area (Å²) in [5.74, 6) is -0.632. The number of hydrogen-bond acceptors (Lipinski definition) is 6. The maximum atomic E-state index is 12.5. The second-order valence-corrected chi connectivity index (χ2v) is 6.81. The largest absolute Gasteiger partial charge is 0.483 e. The summed E-state index contributed by atoms with van der Waals surface area (Å²) in [4.78, 5) is 36.0. The van der Waals surface area contributed by atoms with E-state index in [9.17, 15) is 14.4 Å². The first kappa shape index (κ1) is 20.3. The molecule has 0 saturated heterocycles. The Morgan fingerprint density at radius 3 is 2.52 bits per heavy atom. The fourth-order valence-electron chi connectivity index (χ4n) is 2.70. The molecule has 29 heavy (non-hydrogen) atoms. The van der Waals surface area contributed by atoms with Crippen LogP contribution in [-0.4, -0.2) is 31.4 Å². The molecule has 3 rings (SSSR count). The third-order valence-electron chi connectivity index (χ3n) is 4.01. The van der Waals surface area contributed by atoms with Crippen LogP contribution < -0.4 is 10.1 Å². The van der Waals surface area contributed by atoms with Gasteiger partial charge in [-0.15, -0.1) is 11.3 Å². The molecule has 1 amide bonds. The standard InChI is InChI=1S/C22H19NO5S/c1-2-27-22(26)20-17(15-8-4-3-5-9-15)14-29-21(20)23-19(25)13-28-18-11-7-6-10-16(18)12-24/h3-12,14H,2,13H2,1H3,(H,23,25). The summed E-state index contributed by atoms with van der Waals surface area (Å²) in [7, 11) is 0. The maximum Gasteiger partial charge on any atom is 0.341 e. The molecule has 1 N–H and O–H groups in total. The van der Waals surface area contributed by atoms with E-state index in [1.807, 2.05) is 30.3 Å². The second-order valence-electron chi connectivity index (χ2n) is 5.93. The molecule has 0 bridgehead atoms. The number of hydrogen-bond donors (Lipinski definition) is 1. The number of carbonyl (C=O) groups excluding carboxylic acids is 3. The Morgan fingerprint density at radius 1 is 1.07 bits per heavy atom. The molecule has 6 nitrogen and oxygen atoms in total. The molecule has 7 heteroatoms. The van der Waals surface area contributed by atoms with Crippen molar-refractivity contribution in [2.45, 2.75) is 6.92 Å². The second kappa shape index (κ2) is 9.66. The van der Waals surface area contributed by atoms with Gasteiger partial charge in [0.1, 0.15) is 16.3 Å². The van der Waals surface area contributed by atoms with Crippen molar-refractivity contribution in [1.82, 2.24) is 0 Å². The van der Waals surface area contributed by atoms with Crippen LogP contribution in [0.3, 0.4) is 0 Å². The summed E-state index contributed by atoms with van der Waals surface area (Å²) in [5, 5.41) is 4.91. The third-order valence-corrected chi connectivity index (χ3v) is 4.91. The van der Waals surface area contributed by atoms with Gasteiger partial charge in [-0.3, -0.25) is 9.59 Å². The SMILES string of the molecule is CCOC(=O)c1c(-c2ccccc2)csc1NC(=O)COc1ccccc1C=O. The number of anilines is 1. The van der Waals surface area contributed by atoms with Crippen LogP contribution in [-0.2, 0) is 9.53 Å². The molecule has 1 heterocycles. The van der Waals surface area contributed by atoms with Gasteiger partial charge in [-0.1, -0.05) is 42.5 Å². The van der Waals surface area contributed by atoms with Gasteiger partial charge in [-0.2, -0.15) is 0 Å². The molecule has 0 fully saturated rings. The van der Waals surface area contributed by atoms with E-state index in [0.29, 0.717) is 33.7 Å². The third kappa shape index (κ3) is 4.89. The van der Waals surface area contributed by atoms with E-state index in [1.54, 1.807) is 36.6 Å². The average Bonchev–Trinajstić information content (AvgIpc) is 3.16. The lowest BCUT2D eigenvalue weighted by atomic mass is 10.0. The fraction of sp³-hybridized carbons (Fsp3) is 0.136. The molecule has 0 radical (unpaired) electrons. The molecule has 2 aromatic carbocycles. The van der Waals surface area contributed by atoms with Gasteiger partial charge in [-0.05, 0) is 24.6 Å². The molecule has 0 atom stereocenters. The van der Waals surface area contributed by atoms with Crippen molar-refractivity contribution >= 4 is 34.5 Å². The molecule has 0 unspecified atom stereocenters. The summed E-state index contributed by atoms with van der Waals surface area (Å²) >= 11 is 1.24. The Morgan fingerprint density at radius 2 is 1.79 bits per heavy atom. The number of carbonyl (C=O) groups is 3. The molecule has 0 aliphatic heterocycles. The van der Waals surface area contributed by atoms with Gasteiger partial charge in [0.25, 0.3) is 5.91 Å². The van der Waals surface area contributed by atoms with E-state index in [4.69, 9.17) is 9.47 Å². The zero-order valence-electron chi connectivity index (χ0n) is 15.7. The molecule has 148 valence electrons. The van der Waals surface area contributed by atoms with E-state index in [2.05, 4.69) is 5.32 Å². The van der Waals surface area contributed by atoms with Crippen molar-refractivity contribution in [3.63, 3.8) is 0 Å². The first-order chi connectivity index (χ1) is 14.1. The predicted molar refractivity (Wildman–Crippen MR) is 112 cm³/mol. The smallest absolute Gasteiger partial charge is 0.341 e. The van der Waals surface area contributed by atoms with Crippen LogP contribution >= 0.6 is 11.3 Å². The van der Waals surface area contributed by atoms with Crippen LogP contribution in [0.5, 0.6) is 5.75 Å². The Labute approximate surface area is 172 Å². The van der Waals surface area contributed by atoms with E-state index >= 15 is 0 Å². The maximum absolute atomic E-state index is 12.5. The fourth-order valence-corrected chi connectivity index (χ4v) is 3.67. The van der Waals surface area contributed by atoms with Gasteiger partial charge in [0.15, 0.2) is 12.9 Å². The first-order valence-electron chi connectivity index (χ1n) is 8.95. The van der Waals surface area contributed by atoms with E-state index in [1.165, 1.54) is 11.3 Å². The van der Waals surface area contributed by atoms with Crippen LogP contribution in [0.15, 0.2) is 60.0 Å². The number of esters is 1. The van der Waals surface area contributed by atoms with Crippen molar-refractivity contribution in [3.8, 4) is 16.9 Å². The van der Waals surface area contributed by atoms with E-state index in [0.717, 1.165) is 5.56 Å². The van der Waals surface area contributed by atoms with Crippen molar-refractivity contribution in [2.75, 3.05) is 18.5 Å². The molecular weight excluding hydrogens is 390 g/mol. The van der Waals surface area contributed by atoms with Crippen molar-refractivity contribution in [2.24, 2.45) is 0 Å². The van der Waals surface area contributed by atoms with Crippen LogP contribution in [0.2, 0.25) is 0 Å². The monoisotopic (exact) mass is 409 g/mol. The van der Waals surface area contributed by atoms with Gasteiger partial charge < -0.3 is 14.8 Å². The number of nitrogens with one attached hydrogen (secondary N) is 1. The van der Waals surface area contributed by atoms with Crippen LogP contribution in [0.4, 0.5) is 5.00 Å². The molecule has 0 aliphatic rings. The normalized spacial score (nSPS) is 10.2. The highest BCUT2D eigenvalue weighted by molar-refractivity contribution is 7.15. The van der Waals surface area contributed by atoms with Crippen LogP contribution in [0, 0.1) is 0 Å². The molecule has 0 spiro atoms. The summed E-state index contributed by atoms with van der Waals surface area (Å²) in [6.45, 7) is 1.65. The van der Waals surface area contributed by atoms with Gasteiger partial charge >= 0.3 is 5.97 Å². The average molecular weight is 409 g/mol. The van der Waals surface area contributed by atoms with Crippen molar-refractivity contribution in [3.05, 3.63) is 71.1 Å². The number of rotatable bonds is 8. The molecule has 1 aromatic heterocycles. The quantitative estimate of drug-likeness (QED) is 0.440. The van der Waals surface area contributed by atoms with Crippen molar-refractivity contribution in [1.29, 1.82) is 0 Å². The van der Waals surface area contributed by atoms with Gasteiger partial charge in [0.05, 0.1) is 12.2 Å². The molecular formula is C22H19NO5S. The number of para-hydroxylation sites is 1. The Kier molecular flexibility index (Phi) is 6.76. The summed E-state index contributed by atoms with van der Waals surface area (Å²) in [5.41, 5.74) is 2.21. The Hall–Kier alpha value is -3.45. The Bertz CT molecular complexity index is 1010. The topological polar surface area (TPSA) is 81.7 Å². The number of amides is 1. The summed E-state index contributed by atoms with van der Waals surface area (Å²) in [6, 6.07) is 16.0. The predicted octanol–water partition coefficient (Wildman–Crippen LogP) is 4.42. The number of ether oxygens (including phenoxy) is 2. The molecule has 0 aliphatic carbocycles. The first-order valence-corrected chi connectivity index (χ1v) is 9.83. The van der Waals surface area contributed by atoms with Gasteiger partial charge in [-0.25, -0.2) is 4.79 Å². The zero-order chi connectivity index (χ0) is 20.6. The zero-order valence-corrected chi connectivity index (χ0v) is 16.5. The highest BCUT2D eigenvalue weighted by Gasteiger charge is 2.22. The van der Waals surface area contributed by atoms with Gasteiger partial charge in [0.2, 0.25) is 0 Å². The lowest BCUT2D eigenvalue weighted by Gasteiger charge is -2.10. The summed E-state index contributed by atoms with van der Waals surface area (Å²) in [6.07, 6.45) is 0.664. The Balaban J connectivity index is 1.79. The number of thiophene rings is 1. The minimum absolute atomic E-state index is 0.224.